The molecular weight excluding hydrogens is 610 g/mol. The van der Waals surface area contributed by atoms with Crippen molar-refractivity contribution in [3.8, 4) is 17.0 Å². The number of hydrogen-bond donors (Lipinski definition) is 4. The van der Waals surface area contributed by atoms with Crippen LogP contribution in [0.15, 0.2) is 42.5 Å². The number of aromatic nitrogens is 2. The number of aliphatic hydroxyl groups excluding tert-OH is 2. The van der Waals surface area contributed by atoms with Crippen LogP contribution in [0, 0.1) is 16.3 Å². The van der Waals surface area contributed by atoms with Crippen LogP contribution >= 0.6 is 22.6 Å². The van der Waals surface area contributed by atoms with Crippen LogP contribution in [0.4, 0.5) is 9.18 Å². The topological polar surface area (TPSA) is 137 Å². The Kier molecular flexibility index (Phi) is 8.65. The van der Waals surface area contributed by atoms with Gasteiger partial charge in [0.1, 0.15) is 42.2 Å². The second kappa shape index (κ2) is 11.8. The number of ether oxygens (including phenoxy) is 2. The first-order valence-electron chi connectivity index (χ1n) is 11.8. The van der Waals surface area contributed by atoms with Crippen molar-refractivity contribution >= 4 is 34.5 Å². The molecule has 1 aliphatic heterocycles. The summed E-state index contributed by atoms with van der Waals surface area (Å²) < 4.78 is 26.4. The number of nitrogens with one attached hydrogen (secondary N) is 2. The van der Waals surface area contributed by atoms with E-state index in [2.05, 4.69) is 15.3 Å². The molecule has 38 heavy (non-hydrogen) atoms. The Hall–Kier alpha value is -3.07. The molecule has 202 valence electrons. The lowest BCUT2D eigenvalue weighted by molar-refractivity contribution is -0.131. The van der Waals surface area contributed by atoms with Crippen LogP contribution in [0.2, 0.25) is 0 Å². The number of imide groups is 1. The number of halogens is 2. The summed E-state index contributed by atoms with van der Waals surface area (Å²) in [6.45, 7) is 2.95. The predicted octanol–water partition coefficient (Wildman–Crippen LogP) is 3.23. The molecule has 4 N–H and O–H groups in total. The van der Waals surface area contributed by atoms with Crippen molar-refractivity contribution in [1.29, 1.82) is 0 Å². The molecule has 0 radical (unpaired) electrons. The zero-order valence-corrected chi connectivity index (χ0v) is 23.1. The molecular formula is C26H28FIN4O6. The van der Waals surface area contributed by atoms with Crippen molar-refractivity contribution < 1.29 is 33.7 Å². The van der Waals surface area contributed by atoms with Gasteiger partial charge in [-0.25, -0.2) is 19.1 Å². The van der Waals surface area contributed by atoms with Crippen LogP contribution in [0.5, 0.6) is 5.75 Å². The molecule has 1 unspecified atom stereocenters. The summed E-state index contributed by atoms with van der Waals surface area (Å²) in [5.74, 6) is -0.200. The smallest absolute Gasteiger partial charge is 0.325 e. The van der Waals surface area contributed by atoms with Gasteiger partial charge in [0.05, 0.1) is 18.4 Å². The van der Waals surface area contributed by atoms with Crippen LogP contribution < -0.4 is 10.1 Å². The Morgan fingerprint density at radius 3 is 2.55 bits per heavy atom. The number of aryl methyl sites for hydroxylation is 1. The molecule has 10 nitrogen and oxygen atoms in total. The van der Waals surface area contributed by atoms with E-state index in [1.807, 2.05) is 22.6 Å². The maximum absolute atomic E-state index is 14.7. The highest BCUT2D eigenvalue weighted by Gasteiger charge is 2.46. The average molecular weight is 638 g/mol. The van der Waals surface area contributed by atoms with Crippen molar-refractivity contribution in [2.45, 2.75) is 38.1 Å². The SMILES string of the molecule is CO[C@H](C)C(c1nc(-c2ccc(I)cc2F)c(C)[nH]1)N1C(=O)N[C@H](c2ccc(OC[C@H](O)CO)cc2)C1=O. The molecule has 4 atom stereocenters. The predicted molar refractivity (Wildman–Crippen MR) is 144 cm³/mol. The molecule has 12 heteroatoms. The van der Waals surface area contributed by atoms with Crippen molar-refractivity contribution in [3.63, 3.8) is 0 Å². The number of urea groups is 1. The maximum Gasteiger partial charge on any atom is 0.325 e. The van der Waals surface area contributed by atoms with E-state index in [1.54, 1.807) is 50.2 Å². The van der Waals surface area contributed by atoms with Gasteiger partial charge in [-0.05, 0) is 72.3 Å². The van der Waals surface area contributed by atoms with Gasteiger partial charge in [0.15, 0.2) is 0 Å². The van der Waals surface area contributed by atoms with Crippen LogP contribution in [0.3, 0.4) is 0 Å². The van der Waals surface area contributed by atoms with Crippen molar-refractivity contribution in [2.75, 3.05) is 20.3 Å². The molecule has 0 spiro atoms. The molecule has 1 aromatic heterocycles. The monoisotopic (exact) mass is 638 g/mol. The van der Waals surface area contributed by atoms with E-state index in [-0.39, 0.29) is 6.61 Å². The van der Waals surface area contributed by atoms with Crippen molar-refractivity contribution in [3.05, 3.63) is 68.9 Å². The number of nitrogens with zero attached hydrogens (tertiary/aromatic N) is 2. The van der Waals surface area contributed by atoms with E-state index in [0.29, 0.717) is 34.1 Å². The number of methoxy groups -OCH3 is 1. The molecule has 3 amide bonds. The van der Waals surface area contributed by atoms with Gasteiger partial charge in [-0.3, -0.25) is 4.79 Å². The zero-order valence-electron chi connectivity index (χ0n) is 20.9. The third kappa shape index (κ3) is 5.67. The Labute approximate surface area is 232 Å². The van der Waals surface area contributed by atoms with E-state index in [0.717, 1.165) is 8.47 Å². The molecule has 2 heterocycles. The molecule has 1 fully saturated rings. The highest BCUT2D eigenvalue weighted by molar-refractivity contribution is 14.1. The number of carbonyl (C=O) groups is 2. The van der Waals surface area contributed by atoms with E-state index < -0.39 is 48.7 Å². The number of imidazole rings is 1. The van der Waals surface area contributed by atoms with E-state index >= 15 is 0 Å². The summed E-state index contributed by atoms with van der Waals surface area (Å²) in [5.41, 5.74) is 1.80. The molecule has 0 bridgehead atoms. The molecule has 3 aromatic rings. The van der Waals surface area contributed by atoms with Gasteiger partial charge in [0, 0.05) is 21.9 Å². The minimum absolute atomic E-state index is 0.0873. The van der Waals surface area contributed by atoms with Crippen LogP contribution in [-0.4, -0.2) is 69.6 Å². The fraction of sp³-hybridized carbons (Fsp3) is 0.346. The number of H-pyrrole nitrogens is 1. The number of amides is 3. The van der Waals surface area contributed by atoms with Crippen LogP contribution in [0.1, 0.15) is 36.1 Å². The molecule has 1 aliphatic rings. The Balaban J connectivity index is 1.61. The summed E-state index contributed by atoms with van der Waals surface area (Å²) in [6.07, 6.45) is -1.64. The number of carbonyl (C=O) groups excluding carboxylic acids is 2. The lowest BCUT2D eigenvalue weighted by atomic mass is 10.1. The normalized spacial score (nSPS) is 17.9. The lowest BCUT2D eigenvalue weighted by Gasteiger charge is -2.28. The van der Waals surface area contributed by atoms with Gasteiger partial charge in [-0.1, -0.05) is 12.1 Å². The van der Waals surface area contributed by atoms with E-state index in [9.17, 15) is 19.1 Å². The number of hydrogen-bond acceptors (Lipinski definition) is 7. The average Bonchev–Trinajstić information content (AvgIpc) is 3.42. The largest absolute Gasteiger partial charge is 0.491 e. The Morgan fingerprint density at radius 1 is 1.21 bits per heavy atom. The van der Waals surface area contributed by atoms with Gasteiger partial charge < -0.3 is 30.0 Å². The molecule has 0 saturated carbocycles. The third-order valence-electron chi connectivity index (χ3n) is 6.30. The first-order valence-corrected chi connectivity index (χ1v) is 12.9. The van der Waals surface area contributed by atoms with Gasteiger partial charge in [0.2, 0.25) is 0 Å². The third-order valence-corrected chi connectivity index (χ3v) is 6.97. The second-order valence-electron chi connectivity index (χ2n) is 8.91. The van der Waals surface area contributed by atoms with Gasteiger partial charge in [-0.15, -0.1) is 0 Å². The Morgan fingerprint density at radius 2 is 1.92 bits per heavy atom. The van der Waals surface area contributed by atoms with Gasteiger partial charge >= 0.3 is 6.03 Å². The first-order chi connectivity index (χ1) is 18.1. The quantitative estimate of drug-likeness (QED) is 0.198. The van der Waals surface area contributed by atoms with E-state index in [4.69, 9.17) is 14.6 Å². The highest BCUT2D eigenvalue weighted by Crippen LogP contribution is 2.35. The molecule has 4 rings (SSSR count). The molecule has 0 aliphatic carbocycles. The minimum atomic E-state index is -1.01. The van der Waals surface area contributed by atoms with Gasteiger partial charge in [-0.2, -0.15) is 0 Å². The number of benzene rings is 2. The van der Waals surface area contributed by atoms with Crippen molar-refractivity contribution in [2.24, 2.45) is 0 Å². The fourth-order valence-electron chi connectivity index (χ4n) is 4.24. The van der Waals surface area contributed by atoms with Gasteiger partial charge in [0.25, 0.3) is 5.91 Å². The molecule has 2 aromatic carbocycles. The summed E-state index contributed by atoms with van der Waals surface area (Å²) in [5, 5.41) is 21.1. The summed E-state index contributed by atoms with van der Waals surface area (Å²) in [4.78, 5) is 35.4. The fourth-order valence-corrected chi connectivity index (χ4v) is 4.69. The number of aliphatic hydroxyl groups is 2. The second-order valence-corrected chi connectivity index (χ2v) is 10.2. The lowest BCUT2D eigenvalue weighted by Crippen LogP contribution is -2.41. The minimum Gasteiger partial charge on any atom is -0.491 e. The maximum atomic E-state index is 14.7. The zero-order chi connectivity index (χ0) is 27.6. The van der Waals surface area contributed by atoms with Crippen molar-refractivity contribution in [1.82, 2.24) is 20.2 Å². The Bertz CT molecular complexity index is 1320. The van der Waals surface area contributed by atoms with Crippen LogP contribution in [-0.2, 0) is 9.53 Å². The first kappa shape index (κ1) is 28.0. The summed E-state index contributed by atoms with van der Waals surface area (Å²) >= 11 is 2.03. The summed E-state index contributed by atoms with van der Waals surface area (Å²) in [6, 6.07) is 8.84. The van der Waals surface area contributed by atoms with Crippen LogP contribution in [0.25, 0.3) is 11.3 Å². The summed E-state index contributed by atoms with van der Waals surface area (Å²) in [7, 11) is 1.47. The number of aromatic amines is 1. The van der Waals surface area contributed by atoms with E-state index in [1.165, 1.54) is 13.2 Å². The molecule has 1 saturated heterocycles. The number of rotatable bonds is 10. The highest BCUT2D eigenvalue weighted by atomic mass is 127. The standard InChI is InChI=1S/C26H28FIN4O6/c1-13-21(19-9-6-16(28)10-20(19)27)30-24(29-13)23(14(2)37-3)32-25(35)22(31-26(32)36)15-4-7-18(8-5-15)38-12-17(34)11-33/h4-10,14,17,22-23,33-34H,11-12H2,1-3H3,(H,29,30)(H,31,36)/t14-,17-,22-,23?/m1/s1.